The van der Waals surface area contributed by atoms with Crippen molar-refractivity contribution in [3.8, 4) is 5.75 Å². The van der Waals surface area contributed by atoms with Crippen molar-refractivity contribution < 1.29 is 22.7 Å². The fraction of sp³-hybridized carbons (Fsp3) is 0.455. The first-order valence-electron chi connectivity index (χ1n) is 10.4. The number of nitrogens with one attached hydrogen (secondary N) is 2. The summed E-state index contributed by atoms with van der Waals surface area (Å²) in [7, 11) is -3.10. The summed E-state index contributed by atoms with van der Waals surface area (Å²) in [5, 5.41) is 6.24. The van der Waals surface area contributed by atoms with Crippen LogP contribution < -0.4 is 15.4 Å². The first kappa shape index (κ1) is 21.8. The molecule has 166 valence electrons. The number of carbonyl (C=O) groups is 2. The molecular formula is C22H26N2O5S2. The largest absolute Gasteiger partial charge is 0.484 e. The van der Waals surface area contributed by atoms with Crippen LogP contribution in [0.1, 0.15) is 40.6 Å². The van der Waals surface area contributed by atoms with Gasteiger partial charge in [0.25, 0.3) is 11.8 Å². The zero-order valence-electron chi connectivity index (χ0n) is 17.3. The van der Waals surface area contributed by atoms with E-state index in [0.717, 1.165) is 29.7 Å². The van der Waals surface area contributed by atoms with Crippen molar-refractivity contribution in [1.29, 1.82) is 0 Å². The van der Waals surface area contributed by atoms with E-state index >= 15 is 0 Å². The maximum atomic E-state index is 13.1. The minimum absolute atomic E-state index is 0.0330. The molecule has 2 atom stereocenters. The average Bonchev–Trinajstić information content (AvgIpc) is 3.25. The molecule has 2 N–H and O–H groups in total. The molecule has 2 aromatic rings. The van der Waals surface area contributed by atoms with E-state index in [1.807, 2.05) is 18.2 Å². The Kier molecular flexibility index (Phi) is 6.34. The number of fused-ring (bicyclic) bond motifs is 1. The monoisotopic (exact) mass is 462 g/mol. The van der Waals surface area contributed by atoms with Crippen LogP contribution in [-0.4, -0.2) is 44.4 Å². The topological polar surface area (TPSA) is 102 Å². The van der Waals surface area contributed by atoms with E-state index in [2.05, 4.69) is 17.6 Å². The summed E-state index contributed by atoms with van der Waals surface area (Å²) < 4.78 is 29.0. The van der Waals surface area contributed by atoms with E-state index in [1.54, 1.807) is 12.1 Å². The quantitative estimate of drug-likeness (QED) is 0.687. The van der Waals surface area contributed by atoms with Crippen LogP contribution >= 0.6 is 11.3 Å². The fourth-order valence-electron chi connectivity index (χ4n) is 4.07. The van der Waals surface area contributed by atoms with Gasteiger partial charge in [0.15, 0.2) is 16.4 Å². The molecule has 1 aromatic heterocycles. The molecule has 7 nitrogen and oxygen atoms in total. The molecule has 1 aromatic carbocycles. The molecule has 0 saturated carbocycles. The number of thiophene rings is 1. The van der Waals surface area contributed by atoms with Gasteiger partial charge in [0.1, 0.15) is 10.8 Å². The van der Waals surface area contributed by atoms with Crippen molar-refractivity contribution in [3.05, 3.63) is 46.3 Å². The molecule has 1 fully saturated rings. The zero-order valence-corrected chi connectivity index (χ0v) is 19.0. The number of anilines is 1. The van der Waals surface area contributed by atoms with Crippen molar-refractivity contribution >= 4 is 38.0 Å². The first-order valence-corrected chi connectivity index (χ1v) is 13.1. The van der Waals surface area contributed by atoms with Crippen molar-refractivity contribution in [1.82, 2.24) is 5.32 Å². The lowest BCUT2D eigenvalue weighted by Crippen LogP contribution is -2.36. The average molecular weight is 463 g/mol. The third-order valence-electron chi connectivity index (χ3n) is 5.67. The van der Waals surface area contributed by atoms with Gasteiger partial charge >= 0.3 is 0 Å². The standard InChI is InChI=1S/C22H26N2O5S2/c1-14-7-8-17-18(11-14)30-22(24-19(25)12-29-16-5-3-2-4-6-16)20(17)21(26)23-15-9-10-31(27,28)13-15/h2-6,14-15H,7-13H2,1H3,(H,23,26)(H,24,25)/t14-,15+/m1/s1. The minimum atomic E-state index is -3.10. The van der Waals surface area contributed by atoms with Crippen molar-refractivity contribution in [2.24, 2.45) is 5.92 Å². The number of ether oxygens (including phenoxy) is 1. The highest BCUT2D eigenvalue weighted by Crippen LogP contribution is 2.39. The Labute approximate surface area is 186 Å². The van der Waals surface area contributed by atoms with Crippen LogP contribution in [0, 0.1) is 5.92 Å². The van der Waals surface area contributed by atoms with E-state index in [0.29, 0.717) is 28.7 Å². The Bertz CT molecular complexity index is 1080. The van der Waals surface area contributed by atoms with E-state index in [1.165, 1.54) is 11.3 Å². The smallest absolute Gasteiger partial charge is 0.262 e. The van der Waals surface area contributed by atoms with Gasteiger partial charge < -0.3 is 15.4 Å². The summed E-state index contributed by atoms with van der Waals surface area (Å²) in [5.41, 5.74) is 1.45. The highest BCUT2D eigenvalue weighted by molar-refractivity contribution is 7.91. The van der Waals surface area contributed by atoms with Gasteiger partial charge in [-0.2, -0.15) is 0 Å². The Hall–Kier alpha value is -2.39. The van der Waals surface area contributed by atoms with Gasteiger partial charge in [-0.3, -0.25) is 9.59 Å². The van der Waals surface area contributed by atoms with Crippen LogP contribution in [0.15, 0.2) is 30.3 Å². The molecule has 0 bridgehead atoms. The van der Waals surface area contributed by atoms with E-state index < -0.39 is 9.84 Å². The molecule has 2 amide bonds. The molecule has 0 spiro atoms. The lowest BCUT2D eigenvalue weighted by molar-refractivity contribution is -0.118. The van der Waals surface area contributed by atoms with Crippen LogP contribution in [0.4, 0.5) is 5.00 Å². The van der Waals surface area contributed by atoms with Gasteiger partial charge in [-0.1, -0.05) is 25.1 Å². The normalized spacial score (nSPS) is 21.8. The molecular weight excluding hydrogens is 436 g/mol. The Morgan fingerprint density at radius 2 is 1.97 bits per heavy atom. The first-order chi connectivity index (χ1) is 14.8. The van der Waals surface area contributed by atoms with E-state index in [9.17, 15) is 18.0 Å². The summed E-state index contributed by atoms with van der Waals surface area (Å²) in [6.07, 6.45) is 3.04. The van der Waals surface area contributed by atoms with Crippen LogP contribution in [0.2, 0.25) is 0 Å². The second-order valence-electron chi connectivity index (χ2n) is 8.28. The van der Waals surface area contributed by atoms with Gasteiger partial charge in [0, 0.05) is 10.9 Å². The van der Waals surface area contributed by atoms with Gasteiger partial charge in [0.2, 0.25) is 0 Å². The molecule has 1 aliphatic heterocycles. The second-order valence-corrected chi connectivity index (χ2v) is 11.6. The number of hydrogen-bond acceptors (Lipinski definition) is 6. The molecule has 0 radical (unpaired) electrons. The molecule has 0 unspecified atom stereocenters. The Morgan fingerprint density at radius 1 is 1.19 bits per heavy atom. The Morgan fingerprint density at radius 3 is 2.68 bits per heavy atom. The summed E-state index contributed by atoms with van der Waals surface area (Å²) in [4.78, 5) is 26.8. The maximum Gasteiger partial charge on any atom is 0.262 e. The molecule has 2 aliphatic rings. The highest BCUT2D eigenvalue weighted by atomic mass is 32.2. The number of amides is 2. The number of benzene rings is 1. The molecule has 1 saturated heterocycles. The Balaban J connectivity index is 1.51. The van der Waals surface area contributed by atoms with Crippen molar-refractivity contribution in [2.45, 2.75) is 38.6 Å². The number of hydrogen-bond donors (Lipinski definition) is 2. The van der Waals surface area contributed by atoms with Crippen LogP contribution in [0.3, 0.4) is 0 Å². The third kappa shape index (κ3) is 5.27. The summed E-state index contributed by atoms with van der Waals surface area (Å²) in [6.45, 7) is 2.02. The maximum absolute atomic E-state index is 13.1. The van der Waals surface area contributed by atoms with Gasteiger partial charge in [0.05, 0.1) is 17.1 Å². The van der Waals surface area contributed by atoms with Crippen LogP contribution in [-0.2, 0) is 27.5 Å². The van der Waals surface area contributed by atoms with Gasteiger partial charge in [-0.05, 0) is 49.3 Å². The lowest BCUT2D eigenvalue weighted by Gasteiger charge is -2.19. The molecule has 4 rings (SSSR count). The van der Waals surface area contributed by atoms with Crippen LogP contribution in [0.25, 0.3) is 0 Å². The fourth-order valence-corrected chi connectivity index (χ4v) is 7.17. The zero-order chi connectivity index (χ0) is 22.0. The third-order valence-corrected chi connectivity index (χ3v) is 8.61. The molecule has 31 heavy (non-hydrogen) atoms. The molecule has 1 aliphatic carbocycles. The predicted molar refractivity (Wildman–Crippen MR) is 121 cm³/mol. The lowest BCUT2D eigenvalue weighted by atomic mass is 9.88. The number of rotatable bonds is 6. The molecule has 9 heteroatoms. The SMILES string of the molecule is C[C@@H]1CCc2c(sc(NC(=O)COc3ccccc3)c2C(=O)N[C@H]2CCS(=O)(=O)C2)C1. The summed E-state index contributed by atoms with van der Waals surface area (Å²) in [5.74, 6) is 0.526. The van der Waals surface area contributed by atoms with Crippen molar-refractivity contribution in [3.63, 3.8) is 0 Å². The second kappa shape index (κ2) is 9.00. The number of para-hydroxylation sites is 1. The van der Waals surface area contributed by atoms with E-state index in [-0.39, 0.29) is 36.0 Å². The summed E-state index contributed by atoms with van der Waals surface area (Å²) in [6, 6.07) is 8.67. The predicted octanol–water partition coefficient (Wildman–Crippen LogP) is 2.81. The minimum Gasteiger partial charge on any atom is -0.484 e. The number of carbonyl (C=O) groups excluding carboxylic acids is 2. The number of sulfone groups is 1. The molecule has 2 heterocycles. The van der Waals surface area contributed by atoms with Crippen LogP contribution in [0.5, 0.6) is 5.75 Å². The van der Waals surface area contributed by atoms with Crippen molar-refractivity contribution in [2.75, 3.05) is 23.4 Å². The summed E-state index contributed by atoms with van der Waals surface area (Å²) >= 11 is 1.44. The highest BCUT2D eigenvalue weighted by Gasteiger charge is 2.33. The van der Waals surface area contributed by atoms with Gasteiger partial charge in [-0.25, -0.2) is 8.42 Å². The van der Waals surface area contributed by atoms with Gasteiger partial charge in [-0.15, -0.1) is 11.3 Å². The van der Waals surface area contributed by atoms with E-state index in [4.69, 9.17) is 4.74 Å².